The first-order valence-corrected chi connectivity index (χ1v) is 6.56. The highest BCUT2D eigenvalue weighted by Crippen LogP contribution is 2.17. The van der Waals surface area contributed by atoms with Gasteiger partial charge in [-0.15, -0.1) is 0 Å². The highest BCUT2D eigenvalue weighted by Gasteiger charge is 2.09. The fourth-order valence-electron chi connectivity index (χ4n) is 1.48. The molecule has 94 valence electrons. The third-order valence-electron chi connectivity index (χ3n) is 2.44. The van der Waals surface area contributed by atoms with E-state index >= 15 is 0 Å². The van der Waals surface area contributed by atoms with Gasteiger partial charge in [0.05, 0.1) is 16.6 Å². The molecule has 0 aliphatic carbocycles. The van der Waals surface area contributed by atoms with Crippen molar-refractivity contribution in [3.63, 3.8) is 0 Å². The third-order valence-corrected chi connectivity index (χ3v) is 3.82. The lowest BCUT2D eigenvalue weighted by atomic mass is 10.2. The topological polar surface area (TPSA) is 43.1 Å². The molecule has 2 aromatic rings. The van der Waals surface area contributed by atoms with Crippen molar-refractivity contribution in [2.75, 3.05) is 5.73 Å². The largest absolute Gasteiger partial charge is 0.399 e. The van der Waals surface area contributed by atoms with Crippen molar-refractivity contribution in [3.8, 4) is 0 Å². The molecule has 0 aliphatic heterocycles. The van der Waals surface area contributed by atoms with Crippen LogP contribution in [0.2, 0.25) is 0 Å². The van der Waals surface area contributed by atoms with E-state index in [4.69, 9.17) is 5.73 Å². The maximum Gasteiger partial charge on any atom is 0.130 e. The molecule has 2 rings (SSSR count). The van der Waals surface area contributed by atoms with Gasteiger partial charge in [-0.2, -0.15) is 0 Å². The molecule has 2 N–H and O–H groups in total. The molecule has 0 aromatic heterocycles. The van der Waals surface area contributed by atoms with Gasteiger partial charge in [0.1, 0.15) is 11.6 Å². The van der Waals surface area contributed by atoms with Crippen molar-refractivity contribution >= 4 is 16.5 Å². The molecule has 2 aromatic carbocycles. The van der Waals surface area contributed by atoms with Crippen LogP contribution in [0.25, 0.3) is 0 Å². The number of hydrogen-bond donors (Lipinski definition) is 1. The fourth-order valence-corrected chi connectivity index (χ4v) is 2.61. The van der Waals surface area contributed by atoms with Crippen molar-refractivity contribution < 1.29 is 13.0 Å². The van der Waals surface area contributed by atoms with Gasteiger partial charge in [0, 0.05) is 22.2 Å². The van der Waals surface area contributed by atoms with Crippen molar-refractivity contribution in [1.29, 1.82) is 0 Å². The summed E-state index contributed by atoms with van der Waals surface area (Å²) in [5, 5.41) is 0. The van der Waals surface area contributed by atoms with Gasteiger partial charge >= 0.3 is 0 Å². The molecule has 18 heavy (non-hydrogen) atoms. The van der Waals surface area contributed by atoms with Crippen LogP contribution >= 0.6 is 0 Å². The molecule has 5 heteroatoms. The molecule has 0 bridgehead atoms. The van der Waals surface area contributed by atoms with Gasteiger partial charge in [-0.3, -0.25) is 4.21 Å². The number of hydrogen-bond acceptors (Lipinski definition) is 2. The van der Waals surface area contributed by atoms with E-state index in [1.54, 1.807) is 24.3 Å². The molecule has 2 nitrogen and oxygen atoms in total. The SMILES string of the molecule is Nc1ccc(S(=O)Cc2ccc(F)cc2F)cc1. The van der Waals surface area contributed by atoms with Crippen LogP contribution in [0, 0.1) is 11.6 Å². The van der Waals surface area contributed by atoms with E-state index in [9.17, 15) is 13.0 Å². The Morgan fingerprint density at radius 2 is 1.72 bits per heavy atom. The monoisotopic (exact) mass is 267 g/mol. The fraction of sp³-hybridized carbons (Fsp3) is 0.0769. The Morgan fingerprint density at radius 3 is 2.33 bits per heavy atom. The summed E-state index contributed by atoms with van der Waals surface area (Å²) in [6.07, 6.45) is 0. The molecule has 1 unspecified atom stereocenters. The first-order valence-electron chi connectivity index (χ1n) is 5.24. The van der Waals surface area contributed by atoms with Crippen molar-refractivity contribution in [1.82, 2.24) is 0 Å². The Hall–Kier alpha value is -1.75. The van der Waals surface area contributed by atoms with Crippen LogP contribution in [-0.4, -0.2) is 4.21 Å². The van der Waals surface area contributed by atoms with Gasteiger partial charge < -0.3 is 5.73 Å². The van der Waals surface area contributed by atoms with E-state index in [0.29, 0.717) is 10.6 Å². The molecule has 0 spiro atoms. The van der Waals surface area contributed by atoms with Gasteiger partial charge in [-0.1, -0.05) is 6.07 Å². The van der Waals surface area contributed by atoms with Crippen molar-refractivity contribution in [2.45, 2.75) is 10.6 Å². The quantitative estimate of drug-likeness (QED) is 0.869. The summed E-state index contributed by atoms with van der Waals surface area (Å²) in [6.45, 7) is 0. The summed E-state index contributed by atoms with van der Waals surface area (Å²) in [4.78, 5) is 0.563. The van der Waals surface area contributed by atoms with Crippen LogP contribution in [0.1, 0.15) is 5.56 Å². The molecule has 0 fully saturated rings. The maximum atomic E-state index is 13.4. The lowest BCUT2D eigenvalue weighted by molar-refractivity contribution is 0.576. The van der Waals surface area contributed by atoms with E-state index in [1.807, 2.05) is 0 Å². The third kappa shape index (κ3) is 2.92. The van der Waals surface area contributed by atoms with Crippen LogP contribution < -0.4 is 5.73 Å². The zero-order chi connectivity index (χ0) is 13.1. The molecule has 0 aliphatic rings. The van der Waals surface area contributed by atoms with Crippen LogP contribution in [0.4, 0.5) is 14.5 Å². The highest BCUT2D eigenvalue weighted by molar-refractivity contribution is 7.84. The van der Waals surface area contributed by atoms with Crippen molar-refractivity contribution in [3.05, 3.63) is 59.7 Å². The highest BCUT2D eigenvalue weighted by atomic mass is 32.2. The average molecular weight is 267 g/mol. The summed E-state index contributed by atoms with van der Waals surface area (Å²) < 4.78 is 38.1. The Bertz CT molecular complexity index is 584. The predicted octanol–water partition coefficient (Wildman–Crippen LogP) is 2.85. The summed E-state index contributed by atoms with van der Waals surface area (Å²) in [6, 6.07) is 9.77. The molecular weight excluding hydrogens is 256 g/mol. The molecule has 0 saturated heterocycles. The van der Waals surface area contributed by atoms with Gasteiger partial charge in [-0.05, 0) is 30.3 Å². The summed E-state index contributed by atoms with van der Waals surface area (Å²) >= 11 is 0. The standard InChI is InChI=1S/C13H11F2NOS/c14-10-2-1-9(13(15)7-10)8-18(17)12-5-3-11(16)4-6-12/h1-7H,8,16H2. The zero-order valence-corrected chi connectivity index (χ0v) is 10.2. The second-order valence-corrected chi connectivity index (χ2v) is 5.25. The van der Waals surface area contributed by atoms with Gasteiger partial charge in [0.2, 0.25) is 0 Å². The number of halogens is 2. The molecule has 0 amide bonds. The van der Waals surface area contributed by atoms with Crippen molar-refractivity contribution in [2.24, 2.45) is 0 Å². The van der Waals surface area contributed by atoms with E-state index < -0.39 is 22.4 Å². The lowest BCUT2D eigenvalue weighted by Gasteiger charge is -2.04. The van der Waals surface area contributed by atoms with E-state index in [0.717, 1.165) is 12.1 Å². The average Bonchev–Trinajstić information content (AvgIpc) is 2.33. The number of benzene rings is 2. The number of nitrogen functional groups attached to an aromatic ring is 1. The number of anilines is 1. The summed E-state index contributed by atoms with van der Waals surface area (Å²) in [7, 11) is -1.38. The Balaban J connectivity index is 2.18. The molecule has 0 saturated carbocycles. The van der Waals surface area contributed by atoms with Crippen LogP contribution in [0.5, 0.6) is 0 Å². The normalized spacial score (nSPS) is 12.3. The van der Waals surface area contributed by atoms with E-state index in [1.165, 1.54) is 6.07 Å². The maximum absolute atomic E-state index is 13.4. The minimum atomic E-state index is -1.38. The minimum Gasteiger partial charge on any atom is -0.399 e. The lowest BCUT2D eigenvalue weighted by Crippen LogP contribution is -2.00. The molecule has 1 atom stereocenters. The second-order valence-electron chi connectivity index (χ2n) is 3.79. The van der Waals surface area contributed by atoms with E-state index in [2.05, 4.69) is 0 Å². The molecular formula is C13H11F2NOS. The smallest absolute Gasteiger partial charge is 0.130 e. The first-order chi connectivity index (χ1) is 8.56. The predicted molar refractivity (Wildman–Crippen MR) is 67.3 cm³/mol. The Morgan fingerprint density at radius 1 is 1.06 bits per heavy atom. The van der Waals surface area contributed by atoms with Crippen LogP contribution in [-0.2, 0) is 16.6 Å². The number of nitrogens with two attached hydrogens (primary N) is 1. The number of rotatable bonds is 3. The second kappa shape index (κ2) is 5.27. The Labute approximate surface area is 106 Å². The summed E-state index contributed by atoms with van der Waals surface area (Å²) in [5.41, 5.74) is 6.32. The van der Waals surface area contributed by atoms with Gasteiger partial charge in [0.25, 0.3) is 0 Å². The first kappa shape index (κ1) is 12.7. The van der Waals surface area contributed by atoms with E-state index in [-0.39, 0.29) is 11.3 Å². The van der Waals surface area contributed by atoms with Crippen LogP contribution in [0.3, 0.4) is 0 Å². The van der Waals surface area contributed by atoms with Crippen LogP contribution in [0.15, 0.2) is 47.4 Å². The Kier molecular flexibility index (Phi) is 3.72. The molecule has 0 heterocycles. The minimum absolute atomic E-state index is 0.00995. The zero-order valence-electron chi connectivity index (χ0n) is 9.40. The summed E-state index contributed by atoms with van der Waals surface area (Å²) in [5.74, 6) is -1.32. The van der Waals surface area contributed by atoms with Gasteiger partial charge in [0.15, 0.2) is 0 Å². The molecule has 0 radical (unpaired) electrons. The van der Waals surface area contributed by atoms with Gasteiger partial charge in [-0.25, -0.2) is 8.78 Å².